The van der Waals surface area contributed by atoms with Crippen LogP contribution in [-0.4, -0.2) is 37.0 Å². The predicted octanol–water partition coefficient (Wildman–Crippen LogP) is 4.04. The van der Waals surface area contributed by atoms with Crippen LogP contribution in [0.3, 0.4) is 0 Å². The first-order valence-electron chi connectivity index (χ1n) is 9.58. The Labute approximate surface area is 156 Å². The molecule has 1 amide bonds. The number of amides is 1. The van der Waals surface area contributed by atoms with Gasteiger partial charge in [-0.25, -0.2) is 0 Å². The molecular weight excluding hydrogens is 324 g/mol. The summed E-state index contributed by atoms with van der Waals surface area (Å²) in [5.41, 5.74) is 1.93. The smallest absolute Gasteiger partial charge is 0.251 e. The maximum atomic E-state index is 12.5. The number of piperidine rings is 1. The first-order chi connectivity index (χ1) is 12.8. The summed E-state index contributed by atoms with van der Waals surface area (Å²) in [6.07, 6.45) is 3.74. The van der Waals surface area contributed by atoms with E-state index < -0.39 is 0 Å². The van der Waals surface area contributed by atoms with Gasteiger partial charge in [-0.2, -0.15) is 0 Å². The quantitative estimate of drug-likeness (QED) is 0.818. The van der Waals surface area contributed by atoms with Gasteiger partial charge in [0.25, 0.3) is 5.91 Å². The minimum atomic E-state index is -0.0152. The number of carbonyl (C=O) groups excluding carboxylic acids is 1. The average Bonchev–Trinajstić information content (AvgIpc) is 2.71. The summed E-state index contributed by atoms with van der Waals surface area (Å²) >= 11 is 0. The maximum Gasteiger partial charge on any atom is 0.251 e. The highest BCUT2D eigenvalue weighted by Crippen LogP contribution is 2.26. The Balaban J connectivity index is 1.71. The molecule has 1 N–H and O–H groups in total. The van der Waals surface area contributed by atoms with E-state index in [0.29, 0.717) is 18.7 Å². The van der Waals surface area contributed by atoms with Gasteiger partial charge in [-0.1, -0.05) is 36.8 Å². The molecule has 3 rings (SSSR count). The molecule has 0 aromatic heterocycles. The van der Waals surface area contributed by atoms with Gasteiger partial charge in [0.15, 0.2) is 0 Å². The number of ether oxygens (including phenoxy) is 1. The van der Waals surface area contributed by atoms with Gasteiger partial charge in [0.1, 0.15) is 5.75 Å². The summed E-state index contributed by atoms with van der Waals surface area (Å²) in [4.78, 5) is 14.9. The monoisotopic (exact) mass is 352 g/mol. The van der Waals surface area contributed by atoms with Gasteiger partial charge in [0.05, 0.1) is 12.6 Å². The molecule has 0 saturated carbocycles. The van der Waals surface area contributed by atoms with Crippen molar-refractivity contribution in [3.63, 3.8) is 0 Å². The summed E-state index contributed by atoms with van der Waals surface area (Å²) in [6.45, 7) is 5.44. The molecule has 1 heterocycles. The molecule has 2 aromatic rings. The first kappa shape index (κ1) is 18.5. The summed E-state index contributed by atoms with van der Waals surface area (Å²) in [6, 6.07) is 17.9. The molecule has 4 nitrogen and oxygen atoms in total. The Morgan fingerprint density at radius 1 is 1.04 bits per heavy atom. The van der Waals surface area contributed by atoms with Crippen LogP contribution in [0.25, 0.3) is 0 Å². The zero-order valence-corrected chi connectivity index (χ0v) is 15.5. The van der Waals surface area contributed by atoms with Gasteiger partial charge >= 0.3 is 0 Å². The van der Waals surface area contributed by atoms with E-state index in [0.717, 1.165) is 18.8 Å². The Kier molecular flexibility index (Phi) is 6.67. The van der Waals surface area contributed by atoms with Gasteiger partial charge in [-0.15, -0.1) is 0 Å². The summed E-state index contributed by atoms with van der Waals surface area (Å²) in [5.74, 6) is 0.875. The van der Waals surface area contributed by atoms with E-state index in [1.165, 1.54) is 24.8 Å². The molecule has 0 bridgehead atoms. The molecule has 1 aliphatic heterocycles. The third-order valence-corrected chi connectivity index (χ3v) is 4.90. The zero-order valence-electron chi connectivity index (χ0n) is 15.5. The number of carbonyl (C=O) groups is 1. The lowest BCUT2D eigenvalue weighted by molar-refractivity contribution is 0.0924. The predicted molar refractivity (Wildman–Crippen MR) is 105 cm³/mol. The Morgan fingerprint density at radius 3 is 2.38 bits per heavy atom. The Bertz CT molecular complexity index is 679. The lowest BCUT2D eigenvalue weighted by Crippen LogP contribution is -2.40. The van der Waals surface area contributed by atoms with Gasteiger partial charge < -0.3 is 10.1 Å². The van der Waals surface area contributed by atoms with Crippen molar-refractivity contribution < 1.29 is 9.53 Å². The highest BCUT2D eigenvalue weighted by atomic mass is 16.5. The maximum absolute atomic E-state index is 12.5. The molecule has 0 aliphatic carbocycles. The number of nitrogens with zero attached hydrogens (tertiary/aromatic N) is 1. The van der Waals surface area contributed by atoms with Crippen molar-refractivity contribution in [2.75, 3.05) is 26.2 Å². The summed E-state index contributed by atoms with van der Waals surface area (Å²) < 4.78 is 5.56. The van der Waals surface area contributed by atoms with Crippen molar-refractivity contribution >= 4 is 5.91 Å². The van der Waals surface area contributed by atoms with E-state index in [4.69, 9.17) is 4.74 Å². The average molecular weight is 352 g/mol. The number of benzene rings is 2. The molecule has 1 saturated heterocycles. The fourth-order valence-corrected chi connectivity index (χ4v) is 3.52. The highest BCUT2D eigenvalue weighted by Gasteiger charge is 2.23. The van der Waals surface area contributed by atoms with Gasteiger partial charge in [-0.3, -0.25) is 9.69 Å². The van der Waals surface area contributed by atoms with E-state index in [1.807, 2.05) is 49.4 Å². The van der Waals surface area contributed by atoms with E-state index in [-0.39, 0.29) is 11.9 Å². The number of nitrogens with one attached hydrogen (secondary N) is 1. The van der Waals surface area contributed by atoms with Crippen LogP contribution < -0.4 is 10.1 Å². The number of rotatable bonds is 7. The fraction of sp³-hybridized carbons (Fsp3) is 0.409. The Hall–Kier alpha value is -2.33. The van der Waals surface area contributed by atoms with Crippen LogP contribution in [-0.2, 0) is 0 Å². The van der Waals surface area contributed by atoms with Crippen LogP contribution in [0.2, 0.25) is 0 Å². The zero-order chi connectivity index (χ0) is 18.2. The highest BCUT2D eigenvalue weighted by molar-refractivity contribution is 5.94. The fourth-order valence-electron chi connectivity index (χ4n) is 3.52. The second-order valence-corrected chi connectivity index (χ2v) is 6.69. The van der Waals surface area contributed by atoms with Crippen molar-refractivity contribution in [1.29, 1.82) is 0 Å². The van der Waals surface area contributed by atoms with Crippen molar-refractivity contribution in [2.45, 2.75) is 32.2 Å². The standard InChI is InChI=1S/C22H28N2O2/c1-2-26-20-13-11-18(12-14-20)21(24-15-7-4-8-16-24)17-23-22(25)19-9-5-3-6-10-19/h3,5-6,9-14,21H,2,4,7-8,15-17H2,1H3,(H,23,25). The molecule has 1 fully saturated rings. The number of hydrogen-bond acceptors (Lipinski definition) is 3. The molecule has 4 heteroatoms. The third-order valence-electron chi connectivity index (χ3n) is 4.90. The number of hydrogen-bond donors (Lipinski definition) is 1. The summed E-state index contributed by atoms with van der Waals surface area (Å²) in [7, 11) is 0. The van der Waals surface area contributed by atoms with E-state index in [1.54, 1.807) is 0 Å². The topological polar surface area (TPSA) is 41.6 Å². The van der Waals surface area contributed by atoms with Crippen LogP contribution in [0.5, 0.6) is 5.75 Å². The molecule has 1 unspecified atom stereocenters. The molecule has 26 heavy (non-hydrogen) atoms. The SMILES string of the molecule is CCOc1ccc(C(CNC(=O)c2ccccc2)N2CCCCC2)cc1. The third kappa shape index (κ3) is 4.85. The molecule has 138 valence electrons. The minimum Gasteiger partial charge on any atom is -0.494 e. The van der Waals surface area contributed by atoms with E-state index >= 15 is 0 Å². The second-order valence-electron chi connectivity index (χ2n) is 6.69. The minimum absolute atomic E-state index is 0.0152. The Morgan fingerprint density at radius 2 is 1.73 bits per heavy atom. The van der Waals surface area contributed by atoms with Crippen molar-refractivity contribution in [3.05, 3.63) is 65.7 Å². The molecule has 0 spiro atoms. The van der Waals surface area contributed by atoms with Gasteiger partial charge in [0, 0.05) is 12.1 Å². The van der Waals surface area contributed by atoms with Gasteiger partial charge in [0.2, 0.25) is 0 Å². The van der Waals surface area contributed by atoms with E-state index in [2.05, 4.69) is 22.3 Å². The first-order valence-corrected chi connectivity index (χ1v) is 9.58. The lowest BCUT2D eigenvalue weighted by Gasteiger charge is -2.35. The van der Waals surface area contributed by atoms with E-state index in [9.17, 15) is 4.79 Å². The van der Waals surface area contributed by atoms with Crippen LogP contribution in [0.4, 0.5) is 0 Å². The molecule has 1 atom stereocenters. The molecule has 0 radical (unpaired) electrons. The second kappa shape index (κ2) is 9.39. The normalized spacial score (nSPS) is 16.0. The van der Waals surface area contributed by atoms with Crippen molar-refractivity contribution in [2.24, 2.45) is 0 Å². The number of likely N-dealkylation sites (tertiary alicyclic amines) is 1. The lowest BCUT2D eigenvalue weighted by atomic mass is 10.0. The van der Waals surface area contributed by atoms with Gasteiger partial charge in [-0.05, 0) is 62.7 Å². The van der Waals surface area contributed by atoms with Crippen molar-refractivity contribution in [3.8, 4) is 5.75 Å². The van der Waals surface area contributed by atoms with Crippen LogP contribution in [0.1, 0.15) is 48.1 Å². The van der Waals surface area contributed by atoms with Crippen LogP contribution in [0.15, 0.2) is 54.6 Å². The molecule has 1 aliphatic rings. The molecular formula is C22H28N2O2. The van der Waals surface area contributed by atoms with Crippen molar-refractivity contribution in [1.82, 2.24) is 10.2 Å². The van der Waals surface area contributed by atoms with Crippen LogP contribution >= 0.6 is 0 Å². The molecule has 2 aromatic carbocycles. The largest absolute Gasteiger partial charge is 0.494 e. The summed E-state index contributed by atoms with van der Waals surface area (Å²) in [5, 5.41) is 3.12. The van der Waals surface area contributed by atoms with Crippen LogP contribution in [0, 0.1) is 0 Å².